The van der Waals surface area contributed by atoms with Crippen molar-refractivity contribution in [3.63, 3.8) is 0 Å². The smallest absolute Gasteiger partial charge is 0.0441 e. The summed E-state index contributed by atoms with van der Waals surface area (Å²) in [5.74, 6) is 5.73. The van der Waals surface area contributed by atoms with Gasteiger partial charge in [-0.2, -0.15) is 0 Å². The van der Waals surface area contributed by atoms with E-state index < -0.39 is 0 Å². The van der Waals surface area contributed by atoms with Gasteiger partial charge >= 0.3 is 0 Å². The summed E-state index contributed by atoms with van der Waals surface area (Å²) in [6.07, 6.45) is 38.0. The van der Waals surface area contributed by atoms with Gasteiger partial charge in [0.05, 0.1) is 0 Å². The Morgan fingerprint density at radius 2 is 1.78 bits per heavy atom. The van der Waals surface area contributed by atoms with E-state index in [0.717, 1.165) is 41.4 Å². The first-order chi connectivity index (χ1) is 17.6. The number of rotatable bonds is 7. The Bertz CT molecular complexity index is 926. The molecule has 0 radical (unpaired) electrons. The molecular formula is C35H51N. The highest BCUT2D eigenvalue weighted by Crippen LogP contribution is 2.43. The van der Waals surface area contributed by atoms with Crippen molar-refractivity contribution in [3.8, 4) is 0 Å². The number of hydrogen-bond acceptors (Lipinski definition) is 1. The zero-order chi connectivity index (χ0) is 24.9. The SMILES string of the molecule is CCC(C)C1CC(C)=CC=C1C1CC=C(NC2C=CC(C3CCCC(C4C=CC=CC4)C3)CC2)CC1. The van der Waals surface area contributed by atoms with Crippen molar-refractivity contribution >= 4 is 0 Å². The standard InChI is InChI=1S/C35H51N/c1-4-26(3)35-23-25(2)13-22-34(35)29-16-20-33(21-17-29)36-32-18-14-28(15-19-32)31-12-8-11-30(24-31)27-9-6-5-7-10-27/h5-7,9,13-14,18,20,22,26-32,35-36H,4,8,10-12,15-17,19,21,23-24H2,1-3H3. The zero-order valence-electron chi connectivity index (χ0n) is 23.3. The van der Waals surface area contributed by atoms with Crippen molar-refractivity contribution in [3.05, 3.63) is 71.5 Å². The van der Waals surface area contributed by atoms with Gasteiger partial charge in [0.15, 0.2) is 0 Å². The van der Waals surface area contributed by atoms with Gasteiger partial charge in [-0.3, -0.25) is 0 Å². The zero-order valence-corrected chi connectivity index (χ0v) is 23.3. The van der Waals surface area contributed by atoms with Crippen molar-refractivity contribution in [1.82, 2.24) is 5.32 Å². The Labute approximate surface area is 222 Å². The third kappa shape index (κ3) is 6.20. The van der Waals surface area contributed by atoms with Gasteiger partial charge in [-0.15, -0.1) is 0 Å². The fourth-order valence-corrected chi connectivity index (χ4v) is 8.00. The maximum Gasteiger partial charge on any atom is 0.0441 e. The van der Waals surface area contributed by atoms with Gasteiger partial charge in [-0.1, -0.05) is 92.5 Å². The number of hydrogen-bond donors (Lipinski definition) is 1. The van der Waals surface area contributed by atoms with Gasteiger partial charge in [0.1, 0.15) is 0 Å². The summed E-state index contributed by atoms with van der Waals surface area (Å²) in [5.41, 5.74) is 4.82. The lowest BCUT2D eigenvalue weighted by atomic mass is 9.68. The first-order valence-corrected chi connectivity index (χ1v) is 15.4. The molecule has 0 heterocycles. The third-order valence-electron chi connectivity index (χ3n) is 10.5. The fraction of sp³-hybridized carbons (Fsp3) is 0.657. The van der Waals surface area contributed by atoms with E-state index in [2.05, 4.69) is 80.8 Å². The van der Waals surface area contributed by atoms with Crippen LogP contribution in [0.25, 0.3) is 0 Å². The second-order valence-corrected chi connectivity index (χ2v) is 12.9. The monoisotopic (exact) mass is 485 g/mol. The molecule has 5 aliphatic carbocycles. The molecule has 8 unspecified atom stereocenters. The first kappa shape index (κ1) is 25.9. The molecule has 5 rings (SSSR count). The molecule has 1 fully saturated rings. The van der Waals surface area contributed by atoms with Crippen molar-refractivity contribution in [1.29, 1.82) is 0 Å². The molecule has 5 aliphatic rings. The summed E-state index contributed by atoms with van der Waals surface area (Å²) in [7, 11) is 0. The highest BCUT2D eigenvalue weighted by molar-refractivity contribution is 5.29. The molecule has 8 atom stereocenters. The van der Waals surface area contributed by atoms with Crippen LogP contribution >= 0.6 is 0 Å². The van der Waals surface area contributed by atoms with Crippen LogP contribution in [0.2, 0.25) is 0 Å². The highest BCUT2D eigenvalue weighted by atomic mass is 14.9. The van der Waals surface area contributed by atoms with Gasteiger partial charge in [-0.25, -0.2) is 0 Å². The lowest BCUT2D eigenvalue weighted by Crippen LogP contribution is -2.33. The van der Waals surface area contributed by atoms with Gasteiger partial charge in [0.25, 0.3) is 0 Å². The van der Waals surface area contributed by atoms with Crippen LogP contribution in [0.15, 0.2) is 71.5 Å². The second-order valence-electron chi connectivity index (χ2n) is 12.9. The minimum Gasteiger partial charge on any atom is -0.382 e. The third-order valence-corrected chi connectivity index (χ3v) is 10.5. The molecule has 0 aromatic heterocycles. The molecule has 1 N–H and O–H groups in total. The molecule has 1 nitrogen and oxygen atoms in total. The average molecular weight is 486 g/mol. The number of allylic oxidation sites excluding steroid dienone is 11. The molecule has 1 saturated carbocycles. The van der Waals surface area contributed by atoms with Crippen molar-refractivity contribution in [2.75, 3.05) is 0 Å². The Kier molecular flexibility index (Phi) is 8.76. The summed E-state index contributed by atoms with van der Waals surface area (Å²) in [5, 5.41) is 3.94. The van der Waals surface area contributed by atoms with Crippen LogP contribution < -0.4 is 5.32 Å². The van der Waals surface area contributed by atoms with Crippen LogP contribution in [0, 0.1) is 41.4 Å². The van der Waals surface area contributed by atoms with E-state index in [1.807, 2.05) is 0 Å². The molecule has 0 spiro atoms. The molecule has 0 aliphatic heterocycles. The fourth-order valence-electron chi connectivity index (χ4n) is 8.00. The number of nitrogens with one attached hydrogen (secondary N) is 1. The van der Waals surface area contributed by atoms with E-state index in [1.165, 1.54) is 82.7 Å². The van der Waals surface area contributed by atoms with Crippen LogP contribution in [-0.4, -0.2) is 6.04 Å². The lowest BCUT2D eigenvalue weighted by molar-refractivity contribution is 0.175. The summed E-state index contributed by atoms with van der Waals surface area (Å²) in [4.78, 5) is 0. The minimum atomic E-state index is 0.544. The van der Waals surface area contributed by atoms with Crippen LogP contribution in [0.1, 0.15) is 97.8 Å². The predicted molar refractivity (Wildman–Crippen MR) is 155 cm³/mol. The topological polar surface area (TPSA) is 12.0 Å². The maximum atomic E-state index is 3.94. The van der Waals surface area contributed by atoms with Gasteiger partial charge in [0, 0.05) is 11.7 Å². The van der Waals surface area contributed by atoms with Crippen molar-refractivity contribution in [2.24, 2.45) is 41.4 Å². The molecule has 0 aromatic carbocycles. The van der Waals surface area contributed by atoms with E-state index in [0.29, 0.717) is 6.04 Å². The second kappa shape index (κ2) is 12.2. The molecule has 0 aromatic rings. The summed E-state index contributed by atoms with van der Waals surface area (Å²) >= 11 is 0. The molecule has 0 saturated heterocycles. The minimum absolute atomic E-state index is 0.544. The molecule has 196 valence electrons. The van der Waals surface area contributed by atoms with Crippen molar-refractivity contribution < 1.29 is 0 Å². The predicted octanol–water partition coefficient (Wildman–Crippen LogP) is 9.47. The van der Waals surface area contributed by atoms with E-state index in [1.54, 1.807) is 11.1 Å². The van der Waals surface area contributed by atoms with E-state index >= 15 is 0 Å². The van der Waals surface area contributed by atoms with Crippen LogP contribution in [-0.2, 0) is 0 Å². The molecule has 0 bridgehead atoms. The summed E-state index contributed by atoms with van der Waals surface area (Å²) < 4.78 is 0. The van der Waals surface area contributed by atoms with Crippen LogP contribution in [0.5, 0.6) is 0 Å². The van der Waals surface area contributed by atoms with E-state index in [9.17, 15) is 0 Å². The summed E-state index contributed by atoms with van der Waals surface area (Å²) in [6.45, 7) is 7.13. The van der Waals surface area contributed by atoms with Gasteiger partial charge in [0.2, 0.25) is 0 Å². The molecule has 36 heavy (non-hydrogen) atoms. The lowest BCUT2D eigenvalue weighted by Gasteiger charge is -2.39. The Hall–Kier alpha value is -1.76. The largest absolute Gasteiger partial charge is 0.382 e. The quantitative estimate of drug-likeness (QED) is 0.354. The Morgan fingerprint density at radius 1 is 0.917 bits per heavy atom. The summed E-state index contributed by atoms with van der Waals surface area (Å²) in [6, 6.07) is 0.544. The van der Waals surface area contributed by atoms with Crippen LogP contribution in [0.3, 0.4) is 0 Å². The normalized spacial score (nSPS) is 37.6. The molecule has 1 heteroatoms. The van der Waals surface area contributed by atoms with Gasteiger partial charge in [-0.05, 0) is 113 Å². The molecular weight excluding hydrogens is 434 g/mol. The average Bonchev–Trinajstić information content (AvgIpc) is 2.94. The van der Waals surface area contributed by atoms with Crippen LogP contribution in [0.4, 0.5) is 0 Å². The highest BCUT2D eigenvalue weighted by Gasteiger charge is 2.33. The van der Waals surface area contributed by atoms with Gasteiger partial charge < -0.3 is 5.32 Å². The maximum absolute atomic E-state index is 3.94. The van der Waals surface area contributed by atoms with E-state index in [4.69, 9.17) is 0 Å². The van der Waals surface area contributed by atoms with Crippen molar-refractivity contribution in [2.45, 2.75) is 104 Å². The molecule has 0 amide bonds. The first-order valence-electron chi connectivity index (χ1n) is 15.4. The van der Waals surface area contributed by atoms with E-state index in [-0.39, 0.29) is 0 Å². The Morgan fingerprint density at radius 3 is 2.47 bits per heavy atom. The Balaban J connectivity index is 1.12.